The molecule has 2 aromatic rings. The average molecular weight is 306 g/mol. The summed E-state index contributed by atoms with van der Waals surface area (Å²) in [5.41, 5.74) is 8.88. The molecule has 1 aromatic heterocycles. The highest BCUT2D eigenvalue weighted by Gasteiger charge is 2.22. The fourth-order valence-corrected chi connectivity index (χ4v) is 3.49. The van der Waals surface area contributed by atoms with Crippen molar-refractivity contribution < 1.29 is 8.42 Å². The first-order valence-electron chi connectivity index (χ1n) is 6.41. The van der Waals surface area contributed by atoms with E-state index in [2.05, 4.69) is 14.7 Å². The molecule has 0 fully saturated rings. The van der Waals surface area contributed by atoms with Crippen LogP contribution in [0.2, 0.25) is 0 Å². The van der Waals surface area contributed by atoms with Gasteiger partial charge in [0.15, 0.2) is 0 Å². The van der Waals surface area contributed by atoms with Crippen LogP contribution in [0.1, 0.15) is 22.5 Å². The number of sulfonamides is 1. The number of rotatable bonds is 3. The first-order valence-corrected chi connectivity index (χ1v) is 7.90. The van der Waals surface area contributed by atoms with Crippen molar-refractivity contribution >= 4 is 21.7 Å². The van der Waals surface area contributed by atoms with Crippen LogP contribution in [-0.2, 0) is 10.0 Å². The standard InChI is InChI=1S/C14H18N4O2S/c1-8-5-6-12(15)13(11(8)4)21(19,20)18-14-16-9(2)7-10(3)17-14/h5-7H,15H2,1-4H3,(H,16,17,18). The molecular formula is C14H18N4O2S. The molecule has 0 saturated carbocycles. The Bertz CT molecular complexity index is 781. The van der Waals surface area contributed by atoms with Crippen LogP contribution in [0, 0.1) is 27.7 Å². The minimum atomic E-state index is -3.83. The molecule has 21 heavy (non-hydrogen) atoms. The molecule has 0 amide bonds. The van der Waals surface area contributed by atoms with E-state index in [9.17, 15) is 8.42 Å². The van der Waals surface area contributed by atoms with Crippen LogP contribution in [0.3, 0.4) is 0 Å². The Balaban J connectivity index is 2.51. The number of benzene rings is 1. The molecule has 0 aliphatic carbocycles. The van der Waals surface area contributed by atoms with Crippen molar-refractivity contribution in [3.63, 3.8) is 0 Å². The maximum Gasteiger partial charge on any atom is 0.266 e. The molecule has 0 bridgehead atoms. The lowest BCUT2D eigenvalue weighted by Crippen LogP contribution is -2.18. The van der Waals surface area contributed by atoms with E-state index in [1.54, 1.807) is 39.0 Å². The summed E-state index contributed by atoms with van der Waals surface area (Å²) in [6.07, 6.45) is 0. The van der Waals surface area contributed by atoms with Crippen molar-refractivity contribution in [2.45, 2.75) is 32.6 Å². The molecule has 0 unspecified atom stereocenters. The Morgan fingerprint density at radius 3 is 2.19 bits per heavy atom. The predicted molar refractivity (Wildman–Crippen MR) is 82.6 cm³/mol. The Labute approximate surface area is 124 Å². The predicted octanol–water partition coefficient (Wildman–Crippen LogP) is 2.09. The third kappa shape index (κ3) is 3.13. The second-order valence-electron chi connectivity index (χ2n) is 5.01. The van der Waals surface area contributed by atoms with E-state index in [0.717, 1.165) is 5.56 Å². The van der Waals surface area contributed by atoms with Gasteiger partial charge in [-0.05, 0) is 51.0 Å². The maximum absolute atomic E-state index is 12.5. The summed E-state index contributed by atoms with van der Waals surface area (Å²) in [6, 6.07) is 5.14. The molecule has 2 rings (SSSR count). The molecule has 112 valence electrons. The van der Waals surface area contributed by atoms with Gasteiger partial charge in [-0.25, -0.2) is 23.1 Å². The van der Waals surface area contributed by atoms with Gasteiger partial charge in [-0.3, -0.25) is 0 Å². The van der Waals surface area contributed by atoms with Gasteiger partial charge in [0, 0.05) is 11.4 Å². The fraction of sp³-hybridized carbons (Fsp3) is 0.286. The van der Waals surface area contributed by atoms with Crippen LogP contribution in [0.5, 0.6) is 0 Å². The Kier molecular flexibility index (Phi) is 3.87. The van der Waals surface area contributed by atoms with Crippen molar-refractivity contribution in [3.05, 3.63) is 40.7 Å². The summed E-state index contributed by atoms with van der Waals surface area (Å²) in [7, 11) is -3.83. The molecule has 1 heterocycles. The van der Waals surface area contributed by atoms with Crippen molar-refractivity contribution in [2.75, 3.05) is 10.5 Å². The first kappa shape index (κ1) is 15.2. The molecule has 7 heteroatoms. The van der Waals surface area contributed by atoms with Gasteiger partial charge in [0.1, 0.15) is 4.90 Å². The van der Waals surface area contributed by atoms with Gasteiger partial charge < -0.3 is 5.73 Å². The van der Waals surface area contributed by atoms with Crippen LogP contribution in [0.15, 0.2) is 23.1 Å². The summed E-state index contributed by atoms with van der Waals surface area (Å²) in [4.78, 5) is 8.24. The summed E-state index contributed by atoms with van der Waals surface area (Å²) in [5.74, 6) is 0.0489. The number of nitrogens with two attached hydrogens (primary N) is 1. The molecule has 0 atom stereocenters. The maximum atomic E-state index is 12.5. The minimum Gasteiger partial charge on any atom is -0.398 e. The zero-order valence-electron chi connectivity index (χ0n) is 12.4. The van der Waals surface area contributed by atoms with E-state index in [-0.39, 0.29) is 16.5 Å². The molecule has 3 N–H and O–H groups in total. The third-order valence-electron chi connectivity index (χ3n) is 3.18. The van der Waals surface area contributed by atoms with Crippen molar-refractivity contribution in [2.24, 2.45) is 0 Å². The van der Waals surface area contributed by atoms with Crippen LogP contribution in [0.25, 0.3) is 0 Å². The lowest BCUT2D eigenvalue weighted by Gasteiger charge is -2.13. The second-order valence-corrected chi connectivity index (χ2v) is 6.62. The van der Waals surface area contributed by atoms with Crippen molar-refractivity contribution in [1.29, 1.82) is 0 Å². The SMILES string of the molecule is Cc1cc(C)nc(NS(=O)(=O)c2c(N)ccc(C)c2C)n1. The highest BCUT2D eigenvalue weighted by Crippen LogP contribution is 2.26. The Morgan fingerprint density at radius 2 is 1.62 bits per heavy atom. The number of hydrogen-bond donors (Lipinski definition) is 2. The zero-order chi connectivity index (χ0) is 15.8. The molecule has 0 saturated heterocycles. The number of anilines is 2. The van der Waals surface area contributed by atoms with Gasteiger partial charge in [0.25, 0.3) is 10.0 Å². The Morgan fingerprint density at radius 1 is 1.05 bits per heavy atom. The highest BCUT2D eigenvalue weighted by atomic mass is 32.2. The summed E-state index contributed by atoms with van der Waals surface area (Å²) >= 11 is 0. The number of aromatic nitrogens is 2. The Hall–Kier alpha value is -2.15. The van der Waals surface area contributed by atoms with Crippen LogP contribution in [0.4, 0.5) is 11.6 Å². The largest absolute Gasteiger partial charge is 0.398 e. The lowest BCUT2D eigenvalue weighted by atomic mass is 10.1. The number of nitrogen functional groups attached to an aromatic ring is 1. The van der Waals surface area contributed by atoms with Gasteiger partial charge in [-0.15, -0.1) is 0 Å². The minimum absolute atomic E-state index is 0.0489. The van der Waals surface area contributed by atoms with Crippen LogP contribution < -0.4 is 10.5 Å². The lowest BCUT2D eigenvalue weighted by molar-refractivity contribution is 0.600. The van der Waals surface area contributed by atoms with Crippen molar-refractivity contribution in [3.8, 4) is 0 Å². The highest BCUT2D eigenvalue weighted by molar-refractivity contribution is 7.93. The quantitative estimate of drug-likeness (QED) is 0.846. The molecule has 0 aliphatic rings. The monoisotopic (exact) mass is 306 g/mol. The fourth-order valence-electron chi connectivity index (χ4n) is 2.11. The van der Waals surface area contributed by atoms with E-state index >= 15 is 0 Å². The first-order chi connectivity index (χ1) is 9.70. The van der Waals surface area contributed by atoms with Gasteiger partial charge in [0.2, 0.25) is 5.95 Å². The van der Waals surface area contributed by atoms with Gasteiger partial charge >= 0.3 is 0 Å². The molecule has 1 aromatic carbocycles. The molecule has 0 spiro atoms. The smallest absolute Gasteiger partial charge is 0.266 e. The number of hydrogen-bond acceptors (Lipinski definition) is 5. The second kappa shape index (κ2) is 5.33. The summed E-state index contributed by atoms with van der Waals surface area (Å²) in [6.45, 7) is 7.11. The number of aryl methyl sites for hydroxylation is 3. The van der Waals surface area contributed by atoms with E-state index in [4.69, 9.17) is 5.73 Å². The van der Waals surface area contributed by atoms with Gasteiger partial charge in [-0.1, -0.05) is 6.07 Å². The zero-order valence-corrected chi connectivity index (χ0v) is 13.2. The summed E-state index contributed by atoms with van der Waals surface area (Å²) in [5, 5.41) is 0. The van der Waals surface area contributed by atoms with E-state index in [0.29, 0.717) is 17.0 Å². The molecule has 0 radical (unpaired) electrons. The van der Waals surface area contributed by atoms with E-state index < -0.39 is 10.0 Å². The third-order valence-corrected chi connectivity index (χ3v) is 4.71. The molecule has 0 aliphatic heterocycles. The van der Waals surface area contributed by atoms with Gasteiger partial charge in [0.05, 0.1) is 5.69 Å². The number of nitrogens with one attached hydrogen (secondary N) is 1. The van der Waals surface area contributed by atoms with E-state index in [1.165, 1.54) is 0 Å². The van der Waals surface area contributed by atoms with Crippen molar-refractivity contribution in [1.82, 2.24) is 9.97 Å². The molecule has 6 nitrogen and oxygen atoms in total. The summed E-state index contributed by atoms with van der Waals surface area (Å²) < 4.78 is 27.5. The van der Waals surface area contributed by atoms with E-state index in [1.807, 2.05) is 6.92 Å². The molecular weight excluding hydrogens is 288 g/mol. The average Bonchev–Trinajstić information content (AvgIpc) is 2.32. The van der Waals surface area contributed by atoms with Crippen LogP contribution >= 0.6 is 0 Å². The topological polar surface area (TPSA) is 98.0 Å². The van der Waals surface area contributed by atoms with Crippen LogP contribution in [-0.4, -0.2) is 18.4 Å². The van der Waals surface area contributed by atoms with Gasteiger partial charge in [-0.2, -0.15) is 0 Å². The normalized spacial score (nSPS) is 11.4. The number of nitrogens with zero attached hydrogens (tertiary/aromatic N) is 2.